The van der Waals surface area contributed by atoms with Crippen molar-refractivity contribution < 1.29 is 4.74 Å². The first-order chi connectivity index (χ1) is 8.79. The highest BCUT2D eigenvalue weighted by atomic mass is 16.5. The van der Waals surface area contributed by atoms with Crippen LogP contribution in [0.5, 0.6) is 5.75 Å². The van der Waals surface area contributed by atoms with Gasteiger partial charge in [-0.15, -0.1) is 0 Å². The minimum absolute atomic E-state index is 0.262. The Balaban J connectivity index is 1.96. The highest BCUT2D eigenvalue weighted by Gasteiger charge is 2.04. The lowest BCUT2D eigenvalue weighted by Crippen LogP contribution is -2.16. The van der Waals surface area contributed by atoms with Crippen LogP contribution in [0.15, 0.2) is 48.8 Å². The Labute approximate surface area is 108 Å². The van der Waals surface area contributed by atoms with Crippen molar-refractivity contribution in [1.82, 2.24) is 4.68 Å². The molecule has 0 aliphatic heterocycles. The number of aromatic nitrogens is 1. The van der Waals surface area contributed by atoms with Crippen LogP contribution in [-0.4, -0.2) is 11.3 Å². The summed E-state index contributed by atoms with van der Waals surface area (Å²) in [5.41, 5.74) is 4.62. The molecule has 1 aromatic heterocycles. The van der Waals surface area contributed by atoms with E-state index in [2.05, 4.69) is 31.4 Å². The molecule has 96 valence electrons. The van der Waals surface area contributed by atoms with E-state index in [1.165, 1.54) is 5.56 Å². The molecule has 0 saturated carbocycles. The summed E-state index contributed by atoms with van der Waals surface area (Å²) < 4.78 is 7.53. The lowest BCUT2D eigenvalue weighted by molar-refractivity contribution is 0.317. The SMILES string of the molecule is CCCOc1ccc(C(C)Nn2cccc2)cc1. The summed E-state index contributed by atoms with van der Waals surface area (Å²) in [4.78, 5) is 0. The summed E-state index contributed by atoms with van der Waals surface area (Å²) in [6.07, 6.45) is 5.03. The second-order valence-corrected chi connectivity index (χ2v) is 4.36. The van der Waals surface area contributed by atoms with E-state index in [4.69, 9.17) is 4.74 Å². The molecule has 18 heavy (non-hydrogen) atoms. The molecule has 0 spiro atoms. The summed E-state index contributed by atoms with van der Waals surface area (Å²) in [6.45, 7) is 5.02. The quantitative estimate of drug-likeness (QED) is 0.840. The fourth-order valence-corrected chi connectivity index (χ4v) is 1.79. The minimum atomic E-state index is 0.262. The number of nitrogens with zero attached hydrogens (tertiary/aromatic N) is 1. The Morgan fingerprint density at radius 2 is 1.83 bits per heavy atom. The summed E-state index contributed by atoms with van der Waals surface area (Å²) in [5, 5.41) is 0. The highest BCUT2D eigenvalue weighted by molar-refractivity contribution is 5.29. The molecule has 0 aliphatic rings. The average Bonchev–Trinajstić information content (AvgIpc) is 2.89. The fourth-order valence-electron chi connectivity index (χ4n) is 1.79. The predicted molar refractivity (Wildman–Crippen MR) is 74.4 cm³/mol. The molecule has 1 unspecified atom stereocenters. The lowest BCUT2D eigenvalue weighted by atomic mass is 10.1. The van der Waals surface area contributed by atoms with Crippen molar-refractivity contribution in [1.29, 1.82) is 0 Å². The van der Waals surface area contributed by atoms with Crippen LogP contribution in [0.4, 0.5) is 0 Å². The zero-order valence-corrected chi connectivity index (χ0v) is 11.0. The lowest BCUT2D eigenvalue weighted by Gasteiger charge is -2.17. The van der Waals surface area contributed by atoms with E-state index in [9.17, 15) is 0 Å². The van der Waals surface area contributed by atoms with Gasteiger partial charge < -0.3 is 10.2 Å². The standard InChI is InChI=1S/C15H20N2O/c1-3-12-18-15-8-6-14(7-9-15)13(2)16-17-10-4-5-11-17/h4-11,13,16H,3,12H2,1-2H3. The van der Waals surface area contributed by atoms with Gasteiger partial charge in [0.2, 0.25) is 0 Å². The van der Waals surface area contributed by atoms with Crippen LogP contribution >= 0.6 is 0 Å². The molecule has 2 aromatic rings. The van der Waals surface area contributed by atoms with Gasteiger partial charge in [-0.05, 0) is 43.2 Å². The van der Waals surface area contributed by atoms with Crippen LogP contribution in [0.25, 0.3) is 0 Å². The molecule has 1 heterocycles. The van der Waals surface area contributed by atoms with Crippen LogP contribution < -0.4 is 10.2 Å². The first-order valence-corrected chi connectivity index (χ1v) is 6.42. The van der Waals surface area contributed by atoms with Crippen molar-refractivity contribution in [3.8, 4) is 5.75 Å². The third kappa shape index (κ3) is 3.29. The fraction of sp³-hybridized carbons (Fsp3) is 0.333. The van der Waals surface area contributed by atoms with Gasteiger partial charge in [0, 0.05) is 12.4 Å². The topological polar surface area (TPSA) is 26.2 Å². The smallest absolute Gasteiger partial charge is 0.119 e. The normalized spacial score (nSPS) is 12.1. The zero-order valence-electron chi connectivity index (χ0n) is 11.0. The van der Waals surface area contributed by atoms with E-state index < -0.39 is 0 Å². The summed E-state index contributed by atoms with van der Waals surface area (Å²) in [5.74, 6) is 0.939. The van der Waals surface area contributed by atoms with E-state index in [-0.39, 0.29) is 6.04 Å². The van der Waals surface area contributed by atoms with Crippen molar-refractivity contribution in [3.63, 3.8) is 0 Å². The Bertz CT molecular complexity index is 448. The Morgan fingerprint density at radius 1 is 1.17 bits per heavy atom. The van der Waals surface area contributed by atoms with Crippen molar-refractivity contribution in [2.75, 3.05) is 12.0 Å². The molecule has 0 amide bonds. The summed E-state index contributed by atoms with van der Waals surface area (Å²) in [6, 6.07) is 12.5. The summed E-state index contributed by atoms with van der Waals surface area (Å²) in [7, 11) is 0. The molecule has 0 radical (unpaired) electrons. The van der Waals surface area contributed by atoms with Gasteiger partial charge in [0.1, 0.15) is 5.75 Å². The average molecular weight is 244 g/mol. The van der Waals surface area contributed by atoms with Gasteiger partial charge in [-0.2, -0.15) is 0 Å². The minimum Gasteiger partial charge on any atom is -0.494 e. The second kappa shape index (κ2) is 6.15. The third-order valence-corrected chi connectivity index (χ3v) is 2.80. The van der Waals surface area contributed by atoms with Crippen molar-refractivity contribution in [2.45, 2.75) is 26.3 Å². The van der Waals surface area contributed by atoms with Crippen LogP contribution in [0.1, 0.15) is 31.9 Å². The first kappa shape index (κ1) is 12.6. The molecule has 0 saturated heterocycles. The van der Waals surface area contributed by atoms with Gasteiger partial charge in [-0.25, -0.2) is 0 Å². The van der Waals surface area contributed by atoms with Gasteiger partial charge in [-0.3, -0.25) is 4.68 Å². The molecule has 1 N–H and O–H groups in total. The van der Waals surface area contributed by atoms with Gasteiger partial charge in [-0.1, -0.05) is 19.1 Å². The predicted octanol–water partition coefficient (Wildman–Crippen LogP) is 3.58. The Kier molecular flexibility index (Phi) is 4.29. The zero-order chi connectivity index (χ0) is 12.8. The molecule has 0 aliphatic carbocycles. The molecule has 2 rings (SSSR count). The maximum Gasteiger partial charge on any atom is 0.119 e. The number of hydrogen-bond donors (Lipinski definition) is 1. The molecule has 1 aromatic carbocycles. The monoisotopic (exact) mass is 244 g/mol. The van der Waals surface area contributed by atoms with Gasteiger partial charge >= 0.3 is 0 Å². The van der Waals surface area contributed by atoms with Crippen LogP contribution in [0.3, 0.4) is 0 Å². The maximum atomic E-state index is 5.57. The van der Waals surface area contributed by atoms with E-state index in [0.717, 1.165) is 18.8 Å². The number of hydrogen-bond acceptors (Lipinski definition) is 2. The van der Waals surface area contributed by atoms with Crippen molar-refractivity contribution in [3.05, 3.63) is 54.4 Å². The number of ether oxygens (including phenoxy) is 1. The number of benzene rings is 1. The van der Waals surface area contributed by atoms with Gasteiger partial charge in [0.25, 0.3) is 0 Å². The molecule has 1 atom stereocenters. The van der Waals surface area contributed by atoms with Crippen LogP contribution in [0.2, 0.25) is 0 Å². The maximum absolute atomic E-state index is 5.57. The van der Waals surface area contributed by atoms with E-state index in [1.807, 2.05) is 41.3 Å². The largest absolute Gasteiger partial charge is 0.494 e. The van der Waals surface area contributed by atoms with E-state index >= 15 is 0 Å². The molecule has 3 nitrogen and oxygen atoms in total. The Hall–Kier alpha value is -1.90. The van der Waals surface area contributed by atoms with Crippen molar-refractivity contribution in [2.24, 2.45) is 0 Å². The molecular weight excluding hydrogens is 224 g/mol. The van der Waals surface area contributed by atoms with Crippen LogP contribution in [-0.2, 0) is 0 Å². The van der Waals surface area contributed by atoms with Gasteiger partial charge in [0.05, 0.1) is 12.6 Å². The molecular formula is C15H20N2O. The molecule has 3 heteroatoms. The Morgan fingerprint density at radius 3 is 2.44 bits per heavy atom. The summed E-state index contributed by atoms with van der Waals surface area (Å²) >= 11 is 0. The third-order valence-electron chi connectivity index (χ3n) is 2.80. The second-order valence-electron chi connectivity index (χ2n) is 4.36. The molecule has 0 fully saturated rings. The van der Waals surface area contributed by atoms with E-state index in [1.54, 1.807) is 0 Å². The number of nitrogens with one attached hydrogen (secondary N) is 1. The van der Waals surface area contributed by atoms with Crippen molar-refractivity contribution >= 4 is 0 Å². The van der Waals surface area contributed by atoms with Gasteiger partial charge in [0.15, 0.2) is 0 Å². The van der Waals surface area contributed by atoms with E-state index in [0.29, 0.717) is 0 Å². The first-order valence-electron chi connectivity index (χ1n) is 6.42. The number of rotatable bonds is 6. The highest BCUT2D eigenvalue weighted by Crippen LogP contribution is 2.18. The molecule has 0 bridgehead atoms. The van der Waals surface area contributed by atoms with Crippen LogP contribution in [0, 0.1) is 0 Å².